The third-order valence-corrected chi connectivity index (χ3v) is 5.76. The minimum absolute atomic E-state index is 0.0669. The van der Waals surface area contributed by atoms with E-state index in [-0.39, 0.29) is 16.9 Å². The maximum Gasteiger partial charge on any atom is 0.338 e. The number of benzene rings is 2. The zero-order chi connectivity index (χ0) is 21.6. The molecule has 0 fully saturated rings. The molecule has 0 aromatic heterocycles. The van der Waals surface area contributed by atoms with E-state index in [4.69, 9.17) is 17.0 Å². The molecular formula is C21H26N2O4S2. The fraction of sp³-hybridized carbons (Fsp3) is 0.333. The highest BCUT2D eigenvalue weighted by Gasteiger charge is 2.14. The Hall–Kier alpha value is -2.45. The third-order valence-electron chi connectivity index (χ3n) is 4.41. The van der Waals surface area contributed by atoms with E-state index in [0.29, 0.717) is 17.3 Å². The minimum atomic E-state index is -3.23. The molecule has 2 aromatic rings. The van der Waals surface area contributed by atoms with Gasteiger partial charge < -0.3 is 15.4 Å². The van der Waals surface area contributed by atoms with Crippen molar-refractivity contribution in [2.75, 3.05) is 18.2 Å². The third kappa shape index (κ3) is 6.27. The van der Waals surface area contributed by atoms with E-state index in [9.17, 15) is 13.2 Å². The second kappa shape index (κ2) is 9.84. The summed E-state index contributed by atoms with van der Waals surface area (Å²) in [6.07, 6.45) is 1.95. The van der Waals surface area contributed by atoms with Crippen LogP contribution in [-0.4, -0.2) is 32.4 Å². The van der Waals surface area contributed by atoms with Crippen molar-refractivity contribution in [3.63, 3.8) is 0 Å². The van der Waals surface area contributed by atoms with Crippen LogP contribution in [0.5, 0.6) is 0 Å². The van der Waals surface area contributed by atoms with Gasteiger partial charge in [-0.3, -0.25) is 0 Å². The molecule has 1 atom stereocenters. The van der Waals surface area contributed by atoms with Crippen LogP contribution in [0, 0.1) is 6.92 Å². The Bertz CT molecular complexity index is 986. The van der Waals surface area contributed by atoms with E-state index in [2.05, 4.69) is 10.6 Å². The van der Waals surface area contributed by atoms with Gasteiger partial charge in [-0.05, 0) is 73.9 Å². The van der Waals surface area contributed by atoms with Gasteiger partial charge in [0.15, 0.2) is 14.9 Å². The van der Waals surface area contributed by atoms with Gasteiger partial charge >= 0.3 is 5.97 Å². The molecule has 0 spiro atoms. The van der Waals surface area contributed by atoms with Crippen molar-refractivity contribution in [3.8, 4) is 0 Å². The highest BCUT2D eigenvalue weighted by atomic mass is 32.2. The number of carbonyl (C=O) groups is 1. The lowest BCUT2D eigenvalue weighted by Gasteiger charge is -2.21. The molecule has 6 nitrogen and oxygen atoms in total. The molecule has 0 bridgehead atoms. The van der Waals surface area contributed by atoms with Crippen molar-refractivity contribution in [1.29, 1.82) is 0 Å². The Morgan fingerprint density at radius 1 is 1.14 bits per heavy atom. The normalized spacial score (nSPS) is 12.1. The first kappa shape index (κ1) is 22.8. The fourth-order valence-corrected chi connectivity index (χ4v) is 3.71. The molecule has 2 N–H and O–H groups in total. The number of hydrogen-bond acceptors (Lipinski definition) is 5. The summed E-state index contributed by atoms with van der Waals surface area (Å²) < 4.78 is 28.3. The van der Waals surface area contributed by atoms with Gasteiger partial charge in [0.2, 0.25) is 0 Å². The lowest BCUT2D eigenvalue weighted by molar-refractivity contribution is 0.0526. The molecule has 1 unspecified atom stereocenters. The molecule has 8 heteroatoms. The summed E-state index contributed by atoms with van der Waals surface area (Å²) in [7, 11) is -3.23. The number of aryl methyl sites for hydroxylation is 1. The number of hydrogen-bond donors (Lipinski definition) is 2. The smallest absolute Gasteiger partial charge is 0.338 e. The molecule has 29 heavy (non-hydrogen) atoms. The first-order valence-corrected chi connectivity index (χ1v) is 11.6. The molecule has 0 amide bonds. The minimum Gasteiger partial charge on any atom is -0.462 e. The van der Waals surface area contributed by atoms with Gasteiger partial charge in [0.1, 0.15) is 0 Å². The quantitative estimate of drug-likeness (QED) is 0.503. The number of rotatable bonds is 7. The van der Waals surface area contributed by atoms with Crippen molar-refractivity contribution in [2.45, 2.75) is 38.1 Å². The van der Waals surface area contributed by atoms with Crippen LogP contribution in [-0.2, 0) is 14.6 Å². The second-order valence-corrected chi connectivity index (χ2v) is 9.07. The summed E-state index contributed by atoms with van der Waals surface area (Å²) >= 11 is 5.44. The molecule has 2 aromatic carbocycles. The van der Waals surface area contributed by atoms with Gasteiger partial charge in [-0.25, -0.2) is 13.2 Å². The monoisotopic (exact) mass is 434 g/mol. The fourth-order valence-electron chi connectivity index (χ4n) is 2.83. The van der Waals surface area contributed by atoms with Crippen molar-refractivity contribution in [1.82, 2.24) is 5.32 Å². The van der Waals surface area contributed by atoms with E-state index < -0.39 is 9.84 Å². The standard InChI is InChI=1S/C21H26N2O4S2/c1-5-18(15-7-10-17(11-8-15)29(4,25)26)22-21(28)23-19-12-9-16(13-14(19)3)20(24)27-6-2/h7-13,18H,5-6H2,1-4H3,(H2,22,23,28). The number of esters is 1. The first-order valence-electron chi connectivity index (χ1n) is 9.31. The summed E-state index contributed by atoms with van der Waals surface area (Å²) in [6.45, 7) is 6.00. The van der Waals surface area contributed by atoms with Crippen molar-refractivity contribution < 1.29 is 17.9 Å². The number of thiocarbonyl (C=S) groups is 1. The summed E-state index contributed by atoms with van der Waals surface area (Å²) in [5, 5.41) is 6.85. The van der Waals surface area contributed by atoms with Gasteiger partial charge in [0.05, 0.1) is 23.1 Å². The average Bonchev–Trinajstić information content (AvgIpc) is 2.67. The highest BCUT2D eigenvalue weighted by Crippen LogP contribution is 2.21. The van der Waals surface area contributed by atoms with Crippen LogP contribution >= 0.6 is 12.2 Å². The number of anilines is 1. The van der Waals surface area contributed by atoms with Crippen LogP contribution in [0.2, 0.25) is 0 Å². The van der Waals surface area contributed by atoms with Crippen LogP contribution < -0.4 is 10.6 Å². The zero-order valence-electron chi connectivity index (χ0n) is 17.0. The Balaban J connectivity index is 2.08. The molecular weight excluding hydrogens is 408 g/mol. The van der Waals surface area contributed by atoms with Gasteiger partial charge in [-0.2, -0.15) is 0 Å². The lowest BCUT2D eigenvalue weighted by Crippen LogP contribution is -2.32. The van der Waals surface area contributed by atoms with E-state index in [1.54, 1.807) is 49.4 Å². The lowest BCUT2D eigenvalue weighted by atomic mass is 10.1. The van der Waals surface area contributed by atoms with E-state index >= 15 is 0 Å². The maximum absolute atomic E-state index is 11.8. The Labute approximate surface area is 177 Å². The highest BCUT2D eigenvalue weighted by molar-refractivity contribution is 7.90. The Kier molecular flexibility index (Phi) is 7.75. The maximum atomic E-state index is 11.8. The summed E-state index contributed by atoms with van der Waals surface area (Å²) in [4.78, 5) is 12.1. The van der Waals surface area contributed by atoms with E-state index in [1.807, 2.05) is 13.8 Å². The second-order valence-electron chi connectivity index (χ2n) is 6.65. The predicted molar refractivity (Wildman–Crippen MR) is 119 cm³/mol. The largest absolute Gasteiger partial charge is 0.462 e. The molecule has 0 saturated carbocycles. The van der Waals surface area contributed by atoms with Crippen LogP contribution in [0.25, 0.3) is 0 Å². The zero-order valence-corrected chi connectivity index (χ0v) is 18.6. The SMILES string of the molecule is CCOC(=O)c1ccc(NC(=S)NC(CC)c2ccc(S(C)(=O)=O)cc2)c(C)c1. The number of carbonyl (C=O) groups excluding carboxylic acids is 1. The van der Waals surface area contributed by atoms with Crippen LogP contribution in [0.3, 0.4) is 0 Å². The number of nitrogens with one attached hydrogen (secondary N) is 2. The molecule has 0 aliphatic heterocycles. The van der Waals surface area contributed by atoms with Gasteiger partial charge in [0, 0.05) is 11.9 Å². The summed E-state index contributed by atoms with van der Waals surface area (Å²) in [5.74, 6) is -0.355. The Morgan fingerprint density at radius 3 is 2.31 bits per heavy atom. The van der Waals surface area contributed by atoms with Crippen molar-refractivity contribution in [3.05, 3.63) is 59.2 Å². The number of sulfone groups is 1. The van der Waals surface area contributed by atoms with Crippen molar-refractivity contribution in [2.24, 2.45) is 0 Å². The van der Waals surface area contributed by atoms with Gasteiger partial charge in [0.25, 0.3) is 0 Å². The summed E-state index contributed by atoms with van der Waals surface area (Å²) in [6, 6.07) is 12.0. The summed E-state index contributed by atoms with van der Waals surface area (Å²) in [5.41, 5.74) is 3.09. The molecule has 0 aliphatic carbocycles. The molecule has 156 valence electrons. The number of ether oxygens (including phenoxy) is 1. The molecule has 0 heterocycles. The average molecular weight is 435 g/mol. The molecule has 0 aliphatic rings. The van der Waals surface area contributed by atoms with Crippen LogP contribution in [0.4, 0.5) is 5.69 Å². The Morgan fingerprint density at radius 2 is 1.79 bits per heavy atom. The van der Waals surface area contributed by atoms with Crippen LogP contribution in [0.1, 0.15) is 47.8 Å². The predicted octanol–water partition coefficient (Wildman–Crippen LogP) is 4.01. The molecule has 0 saturated heterocycles. The van der Waals surface area contributed by atoms with Gasteiger partial charge in [-0.15, -0.1) is 0 Å². The topological polar surface area (TPSA) is 84.5 Å². The molecule has 2 rings (SSSR count). The molecule has 0 radical (unpaired) electrons. The first-order chi connectivity index (χ1) is 13.7. The van der Waals surface area contributed by atoms with E-state index in [0.717, 1.165) is 23.2 Å². The van der Waals surface area contributed by atoms with Crippen LogP contribution in [0.15, 0.2) is 47.4 Å². The van der Waals surface area contributed by atoms with Crippen molar-refractivity contribution >= 4 is 38.8 Å². The van der Waals surface area contributed by atoms with E-state index in [1.165, 1.54) is 6.26 Å². The van der Waals surface area contributed by atoms with Gasteiger partial charge in [-0.1, -0.05) is 19.1 Å².